The van der Waals surface area contributed by atoms with Crippen LogP contribution in [0.15, 0.2) is 42.7 Å². The molecule has 0 spiro atoms. The molecule has 110 valence electrons. The van der Waals surface area contributed by atoms with E-state index in [2.05, 4.69) is 16.4 Å². The molecule has 2 aromatic rings. The van der Waals surface area contributed by atoms with Gasteiger partial charge in [-0.1, -0.05) is 17.7 Å². The van der Waals surface area contributed by atoms with E-state index in [4.69, 9.17) is 16.3 Å². The van der Waals surface area contributed by atoms with E-state index in [9.17, 15) is 0 Å². The van der Waals surface area contributed by atoms with Crippen LogP contribution in [-0.4, -0.2) is 18.1 Å². The molecule has 0 bridgehead atoms. The van der Waals surface area contributed by atoms with Crippen molar-refractivity contribution in [1.29, 1.82) is 0 Å². The lowest BCUT2D eigenvalue weighted by molar-refractivity contribution is 0.143. The first-order chi connectivity index (χ1) is 10.2. The number of aryl methyl sites for hydroxylation is 1. The van der Waals surface area contributed by atoms with Crippen molar-refractivity contribution in [3.05, 3.63) is 58.9 Å². The van der Waals surface area contributed by atoms with Gasteiger partial charge in [-0.2, -0.15) is 0 Å². The summed E-state index contributed by atoms with van der Waals surface area (Å²) in [6.45, 7) is 4.05. The Morgan fingerprint density at radius 1 is 1.38 bits per heavy atom. The van der Waals surface area contributed by atoms with Crippen LogP contribution in [0.25, 0.3) is 0 Å². The van der Waals surface area contributed by atoms with Crippen LogP contribution < -0.4 is 10.1 Å². The lowest BCUT2D eigenvalue weighted by Gasteiger charge is -2.25. The molecule has 2 heterocycles. The van der Waals surface area contributed by atoms with Crippen molar-refractivity contribution >= 4 is 11.6 Å². The number of pyridine rings is 1. The average molecular weight is 303 g/mol. The lowest BCUT2D eigenvalue weighted by atomic mass is 9.96. The van der Waals surface area contributed by atoms with Crippen LogP contribution in [0, 0.1) is 12.8 Å². The molecule has 2 atom stereocenters. The fraction of sp³-hybridized carbons (Fsp3) is 0.353. The third-order valence-corrected chi connectivity index (χ3v) is 4.17. The highest BCUT2D eigenvalue weighted by atomic mass is 35.5. The predicted octanol–water partition coefficient (Wildman–Crippen LogP) is 3.77. The number of halogens is 1. The molecule has 1 aliphatic rings. The standard InChI is InChI=1S/C17H19ClN2O/c1-12-9-15(18)4-5-16(12)21-17(14-6-8-20-11-14)13-3-2-7-19-10-13/h2-5,7,9-10,14,17,20H,6,8,11H2,1H3. The number of aromatic nitrogens is 1. The van der Waals surface area contributed by atoms with E-state index in [1.165, 1.54) is 0 Å². The zero-order valence-corrected chi connectivity index (χ0v) is 12.8. The van der Waals surface area contributed by atoms with Crippen molar-refractivity contribution in [2.24, 2.45) is 5.92 Å². The third-order valence-electron chi connectivity index (χ3n) is 3.93. The first kappa shape index (κ1) is 14.4. The molecule has 0 saturated carbocycles. The summed E-state index contributed by atoms with van der Waals surface area (Å²) >= 11 is 6.02. The van der Waals surface area contributed by atoms with Gasteiger partial charge in [-0.15, -0.1) is 0 Å². The van der Waals surface area contributed by atoms with E-state index in [-0.39, 0.29) is 6.10 Å². The Kier molecular flexibility index (Phi) is 4.42. The van der Waals surface area contributed by atoms with E-state index in [1.807, 2.05) is 37.4 Å². The molecule has 3 nitrogen and oxygen atoms in total. The molecule has 0 radical (unpaired) electrons. The molecular weight excluding hydrogens is 284 g/mol. The highest BCUT2D eigenvalue weighted by molar-refractivity contribution is 6.30. The largest absolute Gasteiger partial charge is 0.485 e. The van der Waals surface area contributed by atoms with Gasteiger partial charge in [0, 0.05) is 35.4 Å². The maximum atomic E-state index is 6.33. The Morgan fingerprint density at radius 3 is 2.95 bits per heavy atom. The van der Waals surface area contributed by atoms with E-state index >= 15 is 0 Å². The van der Waals surface area contributed by atoms with Gasteiger partial charge in [-0.3, -0.25) is 4.98 Å². The Hall–Kier alpha value is -1.58. The molecule has 0 amide bonds. The van der Waals surface area contributed by atoms with Crippen LogP contribution in [0.5, 0.6) is 5.75 Å². The minimum atomic E-state index is 0.0218. The molecule has 4 heteroatoms. The van der Waals surface area contributed by atoms with Gasteiger partial charge in [0.05, 0.1) is 0 Å². The normalized spacial score (nSPS) is 19.4. The van der Waals surface area contributed by atoms with E-state index in [0.29, 0.717) is 5.92 Å². The Labute approximate surface area is 130 Å². The van der Waals surface area contributed by atoms with Gasteiger partial charge in [0.15, 0.2) is 0 Å². The quantitative estimate of drug-likeness (QED) is 0.933. The number of ether oxygens (including phenoxy) is 1. The molecule has 21 heavy (non-hydrogen) atoms. The maximum absolute atomic E-state index is 6.33. The van der Waals surface area contributed by atoms with Gasteiger partial charge in [0.1, 0.15) is 11.9 Å². The molecule has 1 N–H and O–H groups in total. The van der Waals surface area contributed by atoms with Gasteiger partial charge in [0.25, 0.3) is 0 Å². The summed E-state index contributed by atoms with van der Waals surface area (Å²) < 4.78 is 6.33. The van der Waals surface area contributed by atoms with Crippen molar-refractivity contribution in [3.63, 3.8) is 0 Å². The van der Waals surface area contributed by atoms with Crippen LogP contribution in [-0.2, 0) is 0 Å². The summed E-state index contributed by atoms with van der Waals surface area (Å²) in [5.41, 5.74) is 2.18. The highest BCUT2D eigenvalue weighted by Gasteiger charge is 2.28. The average Bonchev–Trinajstić information content (AvgIpc) is 3.01. The van der Waals surface area contributed by atoms with Crippen LogP contribution >= 0.6 is 11.6 Å². The van der Waals surface area contributed by atoms with Gasteiger partial charge < -0.3 is 10.1 Å². The summed E-state index contributed by atoms with van der Waals surface area (Å²) in [6.07, 6.45) is 4.83. The second-order valence-electron chi connectivity index (χ2n) is 5.49. The van der Waals surface area contributed by atoms with Crippen LogP contribution in [0.3, 0.4) is 0 Å². The summed E-state index contributed by atoms with van der Waals surface area (Å²) in [6, 6.07) is 9.80. The van der Waals surface area contributed by atoms with E-state index < -0.39 is 0 Å². The fourth-order valence-corrected chi connectivity index (χ4v) is 3.02. The van der Waals surface area contributed by atoms with E-state index in [1.54, 1.807) is 6.20 Å². The summed E-state index contributed by atoms with van der Waals surface area (Å²) in [4.78, 5) is 4.23. The molecule has 1 aliphatic heterocycles. The summed E-state index contributed by atoms with van der Waals surface area (Å²) in [7, 11) is 0. The minimum absolute atomic E-state index is 0.0218. The van der Waals surface area contributed by atoms with Gasteiger partial charge in [0.2, 0.25) is 0 Å². The summed E-state index contributed by atoms with van der Waals surface area (Å²) in [5, 5.41) is 4.15. The van der Waals surface area contributed by atoms with Crippen molar-refractivity contribution in [2.45, 2.75) is 19.4 Å². The third kappa shape index (κ3) is 3.36. The number of hydrogen-bond acceptors (Lipinski definition) is 3. The molecule has 3 rings (SSSR count). The highest BCUT2D eigenvalue weighted by Crippen LogP contribution is 2.33. The van der Waals surface area contributed by atoms with Crippen molar-refractivity contribution < 1.29 is 4.74 Å². The second kappa shape index (κ2) is 6.46. The molecule has 0 aliphatic carbocycles. The van der Waals surface area contributed by atoms with E-state index in [0.717, 1.165) is 41.4 Å². The van der Waals surface area contributed by atoms with Crippen LogP contribution in [0.2, 0.25) is 5.02 Å². The predicted molar refractivity (Wildman–Crippen MR) is 84.8 cm³/mol. The smallest absolute Gasteiger partial charge is 0.129 e. The van der Waals surface area contributed by atoms with Crippen LogP contribution in [0.4, 0.5) is 0 Å². The van der Waals surface area contributed by atoms with Gasteiger partial charge in [-0.05, 0) is 49.7 Å². The number of nitrogens with one attached hydrogen (secondary N) is 1. The number of rotatable bonds is 4. The SMILES string of the molecule is Cc1cc(Cl)ccc1OC(c1cccnc1)C1CCNC1. The molecule has 2 unspecified atom stereocenters. The number of benzene rings is 1. The zero-order valence-electron chi connectivity index (χ0n) is 12.1. The van der Waals surface area contributed by atoms with Crippen molar-refractivity contribution in [3.8, 4) is 5.75 Å². The zero-order chi connectivity index (χ0) is 14.7. The molecular formula is C17H19ClN2O. The minimum Gasteiger partial charge on any atom is -0.485 e. The monoisotopic (exact) mass is 302 g/mol. The first-order valence-electron chi connectivity index (χ1n) is 7.27. The van der Waals surface area contributed by atoms with Crippen molar-refractivity contribution in [2.75, 3.05) is 13.1 Å². The van der Waals surface area contributed by atoms with Gasteiger partial charge >= 0.3 is 0 Å². The molecule has 1 aromatic carbocycles. The number of hydrogen-bond donors (Lipinski definition) is 1. The van der Waals surface area contributed by atoms with Crippen LogP contribution in [0.1, 0.15) is 23.7 Å². The molecule has 1 aromatic heterocycles. The fourth-order valence-electron chi connectivity index (χ4n) is 2.80. The summed E-state index contributed by atoms with van der Waals surface area (Å²) in [5.74, 6) is 1.35. The Balaban J connectivity index is 1.88. The molecule has 1 fully saturated rings. The van der Waals surface area contributed by atoms with Crippen molar-refractivity contribution in [1.82, 2.24) is 10.3 Å². The second-order valence-corrected chi connectivity index (χ2v) is 5.92. The Bertz CT molecular complexity index is 597. The number of nitrogens with zero attached hydrogens (tertiary/aromatic N) is 1. The molecule has 1 saturated heterocycles. The first-order valence-corrected chi connectivity index (χ1v) is 7.65. The maximum Gasteiger partial charge on any atom is 0.129 e. The van der Waals surface area contributed by atoms with Gasteiger partial charge in [-0.25, -0.2) is 0 Å². The topological polar surface area (TPSA) is 34.1 Å². The Morgan fingerprint density at radius 2 is 2.29 bits per heavy atom. The lowest BCUT2D eigenvalue weighted by Crippen LogP contribution is -2.21.